The normalized spacial score (nSPS) is 10.3. The van der Waals surface area contributed by atoms with Gasteiger partial charge >= 0.3 is 5.69 Å². The van der Waals surface area contributed by atoms with Crippen LogP contribution in [-0.2, 0) is 0 Å². The quantitative estimate of drug-likeness (QED) is 0.563. The Morgan fingerprint density at radius 2 is 2.17 bits per heavy atom. The first-order valence-electron chi connectivity index (χ1n) is 3.33. The van der Waals surface area contributed by atoms with E-state index in [0.717, 1.165) is 10.6 Å². The lowest BCUT2D eigenvalue weighted by molar-refractivity contribution is 0.938. The minimum absolute atomic E-state index is 0.422. The van der Waals surface area contributed by atoms with Crippen LogP contribution in [0.25, 0.3) is 5.52 Å². The minimum Gasteiger partial charge on any atom is -0.314 e. The molecule has 0 fully saturated rings. The van der Waals surface area contributed by atoms with Crippen LogP contribution in [0.3, 0.4) is 0 Å². The van der Waals surface area contributed by atoms with E-state index in [9.17, 15) is 9.59 Å². The molecule has 1 N–H and O–H groups in total. The highest BCUT2D eigenvalue weighted by Gasteiger charge is 1.96. The fraction of sp³-hybridized carbons (Fsp3) is 0. The second kappa shape index (κ2) is 2.30. The SMILES string of the molecule is O=c1cncc2cc[nH]c(=O)n12. The van der Waals surface area contributed by atoms with Crippen molar-refractivity contribution in [2.45, 2.75) is 0 Å². The molecule has 0 spiro atoms. The number of rotatable bonds is 0. The largest absolute Gasteiger partial charge is 0.333 e. The molecule has 0 aliphatic carbocycles. The average Bonchev–Trinajstić information content (AvgIpc) is 2.04. The van der Waals surface area contributed by atoms with Gasteiger partial charge in [-0.2, -0.15) is 0 Å². The number of aromatic nitrogens is 3. The van der Waals surface area contributed by atoms with E-state index < -0.39 is 11.2 Å². The summed E-state index contributed by atoms with van der Waals surface area (Å²) in [5.41, 5.74) is -0.375. The summed E-state index contributed by atoms with van der Waals surface area (Å²) in [7, 11) is 0. The number of fused-ring (bicyclic) bond motifs is 1. The Morgan fingerprint density at radius 1 is 1.33 bits per heavy atom. The second-order valence-corrected chi connectivity index (χ2v) is 2.29. The Labute approximate surface area is 66.3 Å². The number of H-pyrrole nitrogens is 1. The molecule has 5 nitrogen and oxygen atoms in total. The summed E-state index contributed by atoms with van der Waals surface area (Å²) in [6.45, 7) is 0. The Bertz CT molecular complexity index is 481. The molecule has 2 aromatic heterocycles. The van der Waals surface area contributed by atoms with Gasteiger partial charge in [-0.15, -0.1) is 0 Å². The summed E-state index contributed by atoms with van der Waals surface area (Å²) in [4.78, 5) is 28.2. The first kappa shape index (κ1) is 6.78. The standard InChI is InChI=1S/C7H5N3O2/c11-6-4-8-3-5-1-2-9-7(12)10(5)6/h1-4H,(H,9,12). The van der Waals surface area contributed by atoms with E-state index >= 15 is 0 Å². The van der Waals surface area contributed by atoms with Crippen molar-refractivity contribution in [3.05, 3.63) is 45.5 Å². The predicted molar refractivity (Wildman–Crippen MR) is 42.1 cm³/mol. The summed E-state index contributed by atoms with van der Waals surface area (Å²) >= 11 is 0. The lowest BCUT2D eigenvalue weighted by Crippen LogP contribution is -2.27. The Hall–Kier alpha value is -1.91. The van der Waals surface area contributed by atoms with Crippen LogP contribution in [0.2, 0.25) is 0 Å². The molecule has 0 aliphatic rings. The van der Waals surface area contributed by atoms with E-state index in [1.807, 2.05) is 0 Å². The zero-order valence-electron chi connectivity index (χ0n) is 6.02. The van der Waals surface area contributed by atoms with Crippen molar-refractivity contribution in [2.24, 2.45) is 0 Å². The Morgan fingerprint density at radius 3 is 2.92 bits per heavy atom. The van der Waals surface area contributed by atoms with E-state index in [-0.39, 0.29) is 0 Å². The maximum Gasteiger partial charge on any atom is 0.333 e. The van der Waals surface area contributed by atoms with Gasteiger partial charge in [0.25, 0.3) is 5.56 Å². The van der Waals surface area contributed by atoms with Gasteiger partial charge in [-0.3, -0.25) is 9.78 Å². The molecule has 0 unspecified atom stereocenters. The number of nitrogens with one attached hydrogen (secondary N) is 1. The van der Waals surface area contributed by atoms with Crippen molar-refractivity contribution in [3.8, 4) is 0 Å². The van der Waals surface area contributed by atoms with Gasteiger partial charge < -0.3 is 4.98 Å². The highest BCUT2D eigenvalue weighted by atomic mass is 16.2. The third-order valence-corrected chi connectivity index (χ3v) is 1.53. The molecular weight excluding hydrogens is 158 g/mol. The molecule has 12 heavy (non-hydrogen) atoms. The third kappa shape index (κ3) is 0.833. The number of nitrogens with zero attached hydrogens (tertiary/aromatic N) is 2. The molecule has 0 amide bonds. The molecule has 0 aliphatic heterocycles. The van der Waals surface area contributed by atoms with Gasteiger partial charge in [0.15, 0.2) is 0 Å². The van der Waals surface area contributed by atoms with Gasteiger partial charge in [0.1, 0.15) is 0 Å². The van der Waals surface area contributed by atoms with Crippen LogP contribution < -0.4 is 11.2 Å². The van der Waals surface area contributed by atoms with Crippen molar-refractivity contribution in [1.29, 1.82) is 0 Å². The van der Waals surface area contributed by atoms with Crippen molar-refractivity contribution < 1.29 is 0 Å². The van der Waals surface area contributed by atoms with E-state index in [1.165, 1.54) is 12.4 Å². The summed E-state index contributed by atoms with van der Waals surface area (Å²) < 4.78 is 1.02. The molecule has 0 radical (unpaired) electrons. The van der Waals surface area contributed by atoms with Crippen LogP contribution in [0.4, 0.5) is 0 Å². The molecule has 2 rings (SSSR count). The molecule has 2 aromatic rings. The molecule has 0 saturated heterocycles. The average molecular weight is 163 g/mol. The maximum atomic E-state index is 11.1. The third-order valence-electron chi connectivity index (χ3n) is 1.53. The molecule has 0 saturated carbocycles. The van der Waals surface area contributed by atoms with Crippen LogP contribution in [0.5, 0.6) is 0 Å². The molecule has 0 atom stereocenters. The van der Waals surface area contributed by atoms with Gasteiger partial charge in [-0.1, -0.05) is 0 Å². The fourth-order valence-electron chi connectivity index (χ4n) is 1.02. The Kier molecular flexibility index (Phi) is 1.30. The fourth-order valence-corrected chi connectivity index (χ4v) is 1.02. The van der Waals surface area contributed by atoms with Crippen LogP contribution in [0.15, 0.2) is 34.2 Å². The molecule has 60 valence electrons. The number of aromatic amines is 1. The van der Waals surface area contributed by atoms with Gasteiger partial charge in [0.05, 0.1) is 17.9 Å². The molecule has 0 bridgehead atoms. The van der Waals surface area contributed by atoms with Crippen LogP contribution in [-0.4, -0.2) is 14.4 Å². The second-order valence-electron chi connectivity index (χ2n) is 2.29. The predicted octanol–water partition coefficient (Wildman–Crippen LogP) is -0.617. The monoisotopic (exact) mass is 163 g/mol. The molecule has 0 aromatic carbocycles. The van der Waals surface area contributed by atoms with Crippen LogP contribution in [0.1, 0.15) is 0 Å². The first-order chi connectivity index (χ1) is 5.79. The minimum atomic E-state index is -0.445. The van der Waals surface area contributed by atoms with Crippen LogP contribution in [0, 0.1) is 0 Å². The van der Waals surface area contributed by atoms with Crippen molar-refractivity contribution >= 4 is 5.52 Å². The first-order valence-corrected chi connectivity index (χ1v) is 3.33. The summed E-state index contributed by atoms with van der Waals surface area (Å²) in [6, 6.07) is 1.61. The topological polar surface area (TPSA) is 67.2 Å². The van der Waals surface area contributed by atoms with Gasteiger partial charge in [-0.25, -0.2) is 9.20 Å². The Balaban J connectivity index is 3.18. The zero-order chi connectivity index (χ0) is 8.55. The lowest BCUT2D eigenvalue weighted by Gasteiger charge is -1.94. The van der Waals surface area contributed by atoms with E-state index in [2.05, 4.69) is 9.97 Å². The number of hydrogen-bond donors (Lipinski definition) is 1. The van der Waals surface area contributed by atoms with Crippen molar-refractivity contribution in [3.63, 3.8) is 0 Å². The lowest BCUT2D eigenvalue weighted by atomic mass is 10.5. The van der Waals surface area contributed by atoms with Crippen LogP contribution >= 0.6 is 0 Å². The highest BCUT2D eigenvalue weighted by molar-refractivity contribution is 5.41. The van der Waals surface area contributed by atoms with E-state index in [4.69, 9.17) is 0 Å². The van der Waals surface area contributed by atoms with E-state index in [1.54, 1.807) is 6.07 Å². The number of hydrogen-bond acceptors (Lipinski definition) is 3. The molecular formula is C7H5N3O2. The summed E-state index contributed by atoms with van der Waals surface area (Å²) in [5, 5.41) is 0. The smallest absolute Gasteiger partial charge is 0.314 e. The summed E-state index contributed by atoms with van der Waals surface area (Å²) in [5.74, 6) is 0. The van der Waals surface area contributed by atoms with Gasteiger partial charge in [0, 0.05) is 6.20 Å². The van der Waals surface area contributed by atoms with E-state index in [0.29, 0.717) is 5.52 Å². The van der Waals surface area contributed by atoms with Gasteiger partial charge in [0.2, 0.25) is 0 Å². The highest BCUT2D eigenvalue weighted by Crippen LogP contribution is 1.88. The molecule has 5 heteroatoms. The maximum absolute atomic E-state index is 11.1. The van der Waals surface area contributed by atoms with Crippen molar-refractivity contribution in [2.75, 3.05) is 0 Å². The van der Waals surface area contributed by atoms with Gasteiger partial charge in [-0.05, 0) is 6.07 Å². The summed E-state index contributed by atoms with van der Waals surface area (Å²) in [6.07, 6.45) is 4.03. The van der Waals surface area contributed by atoms with Crippen molar-refractivity contribution in [1.82, 2.24) is 14.4 Å². The zero-order valence-corrected chi connectivity index (χ0v) is 6.02. The molecule has 2 heterocycles.